The fourth-order valence-corrected chi connectivity index (χ4v) is 2.54. The summed E-state index contributed by atoms with van der Waals surface area (Å²) in [5.74, 6) is 0. The molecule has 1 aromatic rings. The zero-order valence-electron chi connectivity index (χ0n) is 11.9. The van der Waals surface area contributed by atoms with E-state index in [1.165, 1.54) is 9.88 Å². The second kappa shape index (κ2) is 5.94. The summed E-state index contributed by atoms with van der Waals surface area (Å²) >= 11 is 1.81. The van der Waals surface area contributed by atoms with Gasteiger partial charge in [0.1, 0.15) is 0 Å². The van der Waals surface area contributed by atoms with Crippen LogP contribution in [0.4, 0.5) is 0 Å². The van der Waals surface area contributed by atoms with E-state index in [2.05, 4.69) is 57.0 Å². The van der Waals surface area contributed by atoms with Gasteiger partial charge in [0, 0.05) is 35.6 Å². The van der Waals surface area contributed by atoms with Crippen LogP contribution in [-0.2, 0) is 12.0 Å². The highest BCUT2D eigenvalue weighted by Gasteiger charge is 2.17. The molecule has 1 rings (SSSR count). The molecule has 0 aliphatic heterocycles. The number of aromatic nitrogens is 1. The van der Waals surface area contributed by atoms with Gasteiger partial charge in [-0.15, -0.1) is 11.3 Å². The van der Waals surface area contributed by atoms with E-state index in [-0.39, 0.29) is 5.41 Å². The number of rotatable bonds is 5. The summed E-state index contributed by atoms with van der Waals surface area (Å²) in [6.07, 6.45) is 2.00. The van der Waals surface area contributed by atoms with Crippen LogP contribution in [0.5, 0.6) is 0 Å². The number of nitrogens with one attached hydrogen (secondary N) is 1. The lowest BCUT2D eigenvalue weighted by atomic mass is 9.98. The quantitative estimate of drug-likeness (QED) is 0.876. The largest absolute Gasteiger partial charge is 0.308 e. The van der Waals surface area contributed by atoms with E-state index in [9.17, 15) is 0 Å². The number of thiazole rings is 1. The normalized spacial score (nSPS) is 14.3. The minimum Gasteiger partial charge on any atom is -0.308 e. The Hall–Kier alpha value is -0.450. The van der Waals surface area contributed by atoms with Crippen molar-refractivity contribution in [2.24, 2.45) is 0 Å². The van der Waals surface area contributed by atoms with Gasteiger partial charge in [-0.3, -0.25) is 0 Å². The SMILES string of the molecule is CC(CN(C)C)NCc1cnc(C(C)(C)C)s1. The molecule has 0 fully saturated rings. The first-order chi connectivity index (χ1) is 7.79. The molecule has 0 radical (unpaired) electrons. The highest BCUT2D eigenvalue weighted by atomic mass is 32.1. The van der Waals surface area contributed by atoms with Gasteiger partial charge in [0.05, 0.1) is 5.01 Å². The fourth-order valence-electron chi connectivity index (χ4n) is 1.62. The Morgan fingerprint density at radius 1 is 1.41 bits per heavy atom. The average Bonchev–Trinajstić information content (AvgIpc) is 2.61. The summed E-state index contributed by atoms with van der Waals surface area (Å²) in [4.78, 5) is 8.01. The van der Waals surface area contributed by atoms with Gasteiger partial charge in [-0.25, -0.2) is 4.98 Å². The fraction of sp³-hybridized carbons (Fsp3) is 0.769. The zero-order chi connectivity index (χ0) is 13.1. The third-order valence-electron chi connectivity index (χ3n) is 2.46. The lowest BCUT2D eigenvalue weighted by Gasteiger charge is -2.17. The van der Waals surface area contributed by atoms with Crippen LogP contribution in [0.3, 0.4) is 0 Å². The van der Waals surface area contributed by atoms with Crippen LogP contribution >= 0.6 is 11.3 Å². The molecule has 3 nitrogen and oxygen atoms in total. The van der Waals surface area contributed by atoms with Crippen molar-refractivity contribution in [3.63, 3.8) is 0 Å². The Kier molecular flexibility index (Phi) is 5.10. The van der Waals surface area contributed by atoms with Crippen molar-refractivity contribution in [1.82, 2.24) is 15.2 Å². The molecule has 0 spiro atoms. The molecule has 0 aliphatic rings. The molecule has 17 heavy (non-hydrogen) atoms. The van der Waals surface area contributed by atoms with Gasteiger partial charge >= 0.3 is 0 Å². The molecule has 0 saturated carbocycles. The van der Waals surface area contributed by atoms with Crippen molar-refractivity contribution in [2.75, 3.05) is 20.6 Å². The lowest BCUT2D eigenvalue weighted by molar-refractivity contribution is 0.349. The minimum atomic E-state index is 0.165. The molecule has 4 heteroatoms. The van der Waals surface area contributed by atoms with E-state index in [0.717, 1.165) is 13.1 Å². The molecule has 0 bridgehead atoms. The zero-order valence-corrected chi connectivity index (χ0v) is 12.7. The van der Waals surface area contributed by atoms with Crippen LogP contribution in [0.25, 0.3) is 0 Å². The van der Waals surface area contributed by atoms with Gasteiger partial charge in [0.2, 0.25) is 0 Å². The summed E-state index contributed by atoms with van der Waals surface area (Å²) in [6.45, 7) is 10.8. The van der Waals surface area contributed by atoms with Crippen LogP contribution in [0.15, 0.2) is 6.20 Å². The predicted octanol–water partition coefficient (Wildman–Crippen LogP) is 2.48. The summed E-state index contributed by atoms with van der Waals surface area (Å²) in [6, 6.07) is 0.505. The second-order valence-corrected chi connectivity index (χ2v) is 7.04. The average molecular weight is 255 g/mol. The van der Waals surface area contributed by atoms with Crippen LogP contribution in [-0.4, -0.2) is 36.6 Å². The maximum Gasteiger partial charge on any atom is 0.0981 e. The van der Waals surface area contributed by atoms with Crippen molar-refractivity contribution in [2.45, 2.75) is 45.7 Å². The second-order valence-electron chi connectivity index (χ2n) is 5.93. The van der Waals surface area contributed by atoms with Crippen molar-refractivity contribution in [3.8, 4) is 0 Å². The maximum absolute atomic E-state index is 4.49. The molecule has 0 amide bonds. The van der Waals surface area contributed by atoms with Gasteiger partial charge in [-0.1, -0.05) is 20.8 Å². The van der Waals surface area contributed by atoms with Gasteiger partial charge in [-0.2, -0.15) is 0 Å². The van der Waals surface area contributed by atoms with E-state index in [4.69, 9.17) is 0 Å². The van der Waals surface area contributed by atoms with Gasteiger partial charge in [-0.05, 0) is 21.0 Å². The Bertz CT molecular complexity index is 339. The minimum absolute atomic E-state index is 0.165. The molecule has 1 aromatic heterocycles. The molecule has 98 valence electrons. The Labute approximate surface area is 109 Å². The molecular formula is C13H25N3S. The molecule has 1 unspecified atom stereocenters. The van der Waals surface area contributed by atoms with E-state index < -0.39 is 0 Å². The number of hydrogen-bond acceptors (Lipinski definition) is 4. The lowest BCUT2D eigenvalue weighted by Crippen LogP contribution is -2.35. The highest BCUT2D eigenvalue weighted by Crippen LogP contribution is 2.26. The number of nitrogens with zero attached hydrogens (tertiary/aromatic N) is 2. The molecule has 1 heterocycles. The van der Waals surface area contributed by atoms with Crippen molar-refractivity contribution >= 4 is 11.3 Å². The molecule has 0 aromatic carbocycles. The first-order valence-electron chi connectivity index (χ1n) is 6.12. The summed E-state index contributed by atoms with van der Waals surface area (Å²) in [5.41, 5.74) is 0.165. The van der Waals surface area contributed by atoms with Crippen LogP contribution in [0, 0.1) is 0 Å². The maximum atomic E-state index is 4.49. The Balaban J connectivity index is 2.45. The molecule has 1 N–H and O–H groups in total. The van der Waals surface area contributed by atoms with Gasteiger partial charge in [0.25, 0.3) is 0 Å². The standard InChI is InChI=1S/C13H25N3S/c1-10(9-16(5)6)14-7-11-8-15-12(17-11)13(2,3)4/h8,10,14H,7,9H2,1-6H3. The van der Waals surface area contributed by atoms with E-state index in [1.54, 1.807) is 0 Å². The van der Waals surface area contributed by atoms with E-state index in [0.29, 0.717) is 6.04 Å². The van der Waals surface area contributed by atoms with Crippen LogP contribution in [0.2, 0.25) is 0 Å². The summed E-state index contributed by atoms with van der Waals surface area (Å²) in [7, 11) is 4.20. The van der Waals surface area contributed by atoms with Crippen LogP contribution in [0.1, 0.15) is 37.6 Å². The number of likely N-dealkylation sites (N-methyl/N-ethyl adjacent to an activating group) is 1. The van der Waals surface area contributed by atoms with Gasteiger partial charge in [0.15, 0.2) is 0 Å². The van der Waals surface area contributed by atoms with E-state index in [1.807, 2.05) is 17.5 Å². The smallest absolute Gasteiger partial charge is 0.0981 e. The predicted molar refractivity (Wildman–Crippen MR) is 75.7 cm³/mol. The first-order valence-corrected chi connectivity index (χ1v) is 6.94. The molecule has 0 saturated heterocycles. The van der Waals surface area contributed by atoms with Crippen LogP contribution < -0.4 is 5.32 Å². The summed E-state index contributed by atoms with van der Waals surface area (Å²) < 4.78 is 0. The number of hydrogen-bond donors (Lipinski definition) is 1. The van der Waals surface area contributed by atoms with Crippen molar-refractivity contribution < 1.29 is 0 Å². The molecule has 1 atom stereocenters. The summed E-state index contributed by atoms with van der Waals surface area (Å²) in [5, 5.41) is 4.74. The monoisotopic (exact) mass is 255 g/mol. The van der Waals surface area contributed by atoms with Crippen molar-refractivity contribution in [1.29, 1.82) is 0 Å². The molecular weight excluding hydrogens is 230 g/mol. The topological polar surface area (TPSA) is 28.2 Å². The highest BCUT2D eigenvalue weighted by molar-refractivity contribution is 7.11. The third-order valence-corrected chi connectivity index (χ3v) is 3.88. The molecule has 0 aliphatic carbocycles. The Morgan fingerprint density at radius 2 is 2.06 bits per heavy atom. The van der Waals surface area contributed by atoms with Crippen molar-refractivity contribution in [3.05, 3.63) is 16.1 Å². The third kappa shape index (κ3) is 5.15. The van der Waals surface area contributed by atoms with Gasteiger partial charge < -0.3 is 10.2 Å². The van der Waals surface area contributed by atoms with E-state index >= 15 is 0 Å². The Morgan fingerprint density at radius 3 is 2.53 bits per heavy atom. The first kappa shape index (κ1) is 14.6.